The zero-order chi connectivity index (χ0) is 16.5. The fraction of sp³-hybridized carbons (Fsp3) is 0.167. The third-order valence-corrected chi connectivity index (χ3v) is 4.54. The zero-order valence-corrected chi connectivity index (χ0v) is 13.5. The van der Waals surface area contributed by atoms with E-state index >= 15 is 0 Å². The van der Waals surface area contributed by atoms with Crippen molar-refractivity contribution < 1.29 is 4.79 Å². The Morgan fingerprint density at radius 2 is 2.04 bits per heavy atom. The molecule has 0 radical (unpaired) electrons. The van der Waals surface area contributed by atoms with Crippen molar-refractivity contribution in [2.45, 2.75) is 12.3 Å². The normalized spacial score (nSPS) is 19.0. The van der Waals surface area contributed by atoms with E-state index in [0.717, 1.165) is 17.0 Å². The van der Waals surface area contributed by atoms with Gasteiger partial charge in [-0.05, 0) is 42.2 Å². The first kappa shape index (κ1) is 14.9. The Hall–Kier alpha value is -2.66. The van der Waals surface area contributed by atoms with E-state index in [2.05, 4.69) is 15.4 Å². The van der Waals surface area contributed by atoms with Gasteiger partial charge in [0.05, 0.1) is 5.69 Å². The van der Waals surface area contributed by atoms with Crippen molar-refractivity contribution in [3.63, 3.8) is 0 Å². The molecule has 1 amide bonds. The van der Waals surface area contributed by atoms with Gasteiger partial charge in [0.1, 0.15) is 0 Å². The molecule has 0 bridgehead atoms. The van der Waals surface area contributed by atoms with E-state index in [4.69, 9.17) is 11.6 Å². The molecule has 4 rings (SSSR count). The average molecular weight is 339 g/mol. The van der Waals surface area contributed by atoms with Crippen LogP contribution in [-0.2, 0) is 4.79 Å². The number of nitrogens with one attached hydrogen (secondary N) is 1. The van der Waals surface area contributed by atoms with Crippen LogP contribution in [-0.4, -0.2) is 20.7 Å². The van der Waals surface area contributed by atoms with Gasteiger partial charge in [0.25, 0.3) is 0 Å². The van der Waals surface area contributed by atoms with Crippen LogP contribution in [0.15, 0.2) is 61.1 Å². The zero-order valence-electron chi connectivity index (χ0n) is 12.8. The number of hydrogen-bond donors (Lipinski definition) is 1. The fourth-order valence-electron chi connectivity index (χ4n) is 2.90. The number of benzene rings is 1. The maximum atomic E-state index is 12.6. The number of carbonyl (C=O) groups excluding carboxylic acids is 1. The molecular formula is C18H15ClN4O. The lowest BCUT2D eigenvalue weighted by Crippen LogP contribution is -2.17. The smallest absolute Gasteiger partial charge is 0.228 e. The quantitative estimate of drug-likeness (QED) is 0.789. The van der Waals surface area contributed by atoms with Gasteiger partial charge in [0.15, 0.2) is 5.82 Å². The number of nitrogens with zero attached hydrogens (tertiary/aromatic N) is 3. The first-order chi connectivity index (χ1) is 11.7. The van der Waals surface area contributed by atoms with Crippen molar-refractivity contribution in [3.8, 4) is 5.82 Å². The summed E-state index contributed by atoms with van der Waals surface area (Å²) in [5, 5.41) is 7.87. The van der Waals surface area contributed by atoms with Crippen LogP contribution in [0.25, 0.3) is 5.82 Å². The average Bonchev–Trinajstić information content (AvgIpc) is 3.20. The summed E-state index contributed by atoms with van der Waals surface area (Å²) in [6.07, 6.45) is 5.96. The molecule has 0 aliphatic heterocycles. The van der Waals surface area contributed by atoms with Gasteiger partial charge in [-0.3, -0.25) is 4.79 Å². The monoisotopic (exact) mass is 338 g/mol. The molecule has 1 N–H and O–H groups in total. The van der Waals surface area contributed by atoms with Crippen molar-refractivity contribution in [2.75, 3.05) is 5.32 Å². The minimum absolute atomic E-state index is 0.0127. The predicted molar refractivity (Wildman–Crippen MR) is 92.3 cm³/mol. The molecule has 1 fully saturated rings. The van der Waals surface area contributed by atoms with E-state index in [1.165, 1.54) is 0 Å². The highest BCUT2D eigenvalue weighted by Crippen LogP contribution is 2.50. The molecule has 0 spiro atoms. The second-order valence-corrected chi connectivity index (χ2v) is 6.19. The summed E-state index contributed by atoms with van der Waals surface area (Å²) >= 11 is 6.23. The summed E-state index contributed by atoms with van der Waals surface area (Å²) in [4.78, 5) is 16.9. The van der Waals surface area contributed by atoms with Crippen LogP contribution < -0.4 is 5.32 Å². The number of amides is 1. The number of aromatic nitrogens is 3. The summed E-state index contributed by atoms with van der Waals surface area (Å²) in [5.74, 6) is 0.714. The molecule has 6 heteroatoms. The van der Waals surface area contributed by atoms with Gasteiger partial charge in [0, 0.05) is 29.5 Å². The van der Waals surface area contributed by atoms with Gasteiger partial charge in [0.2, 0.25) is 5.91 Å². The van der Waals surface area contributed by atoms with E-state index in [9.17, 15) is 4.79 Å². The van der Waals surface area contributed by atoms with Crippen LogP contribution >= 0.6 is 11.6 Å². The Balaban J connectivity index is 1.52. The van der Waals surface area contributed by atoms with Crippen molar-refractivity contribution >= 4 is 23.2 Å². The van der Waals surface area contributed by atoms with Gasteiger partial charge < -0.3 is 5.32 Å². The summed E-state index contributed by atoms with van der Waals surface area (Å²) in [6.45, 7) is 0. The summed E-state index contributed by atoms with van der Waals surface area (Å²) in [5.41, 5.74) is 1.69. The van der Waals surface area contributed by atoms with Gasteiger partial charge >= 0.3 is 0 Å². The van der Waals surface area contributed by atoms with Gasteiger partial charge in [-0.2, -0.15) is 5.10 Å². The third-order valence-electron chi connectivity index (χ3n) is 4.20. The van der Waals surface area contributed by atoms with Crippen molar-refractivity contribution in [1.29, 1.82) is 0 Å². The van der Waals surface area contributed by atoms with Gasteiger partial charge in [-0.15, -0.1) is 0 Å². The Kier molecular flexibility index (Phi) is 3.78. The number of hydrogen-bond acceptors (Lipinski definition) is 3. The molecule has 2 atom stereocenters. The molecule has 24 heavy (non-hydrogen) atoms. The van der Waals surface area contributed by atoms with E-state index in [0.29, 0.717) is 11.5 Å². The summed E-state index contributed by atoms with van der Waals surface area (Å²) in [7, 11) is 0. The first-order valence-electron chi connectivity index (χ1n) is 7.74. The van der Waals surface area contributed by atoms with E-state index in [1.807, 2.05) is 36.4 Å². The first-order valence-corrected chi connectivity index (χ1v) is 8.12. The highest BCUT2D eigenvalue weighted by atomic mass is 35.5. The van der Waals surface area contributed by atoms with Crippen LogP contribution in [0.1, 0.15) is 17.9 Å². The van der Waals surface area contributed by atoms with Crippen LogP contribution in [0, 0.1) is 5.92 Å². The second kappa shape index (κ2) is 6.09. The number of halogens is 1. The summed E-state index contributed by atoms with van der Waals surface area (Å²) < 4.78 is 1.63. The molecule has 0 saturated heterocycles. The molecule has 1 saturated carbocycles. The Morgan fingerprint density at radius 3 is 2.83 bits per heavy atom. The number of rotatable bonds is 4. The molecule has 3 aromatic rings. The highest BCUT2D eigenvalue weighted by Gasteiger charge is 2.44. The minimum Gasteiger partial charge on any atom is -0.323 e. The molecule has 2 aromatic heterocycles. The van der Waals surface area contributed by atoms with E-state index < -0.39 is 0 Å². The van der Waals surface area contributed by atoms with Crippen LogP contribution in [0.4, 0.5) is 5.69 Å². The van der Waals surface area contributed by atoms with Crippen LogP contribution in [0.5, 0.6) is 0 Å². The fourth-order valence-corrected chi connectivity index (χ4v) is 3.18. The van der Waals surface area contributed by atoms with E-state index in [-0.39, 0.29) is 17.7 Å². The molecular weight excluding hydrogens is 324 g/mol. The van der Waals surface area contributed by atoms with Crippen molar-refractivity contribution in [2.24, 2.45) is 5.92 Å². The molecule has 120 valence electrons. The Bertz CT molecular complexity index is 878. The molecule has 1 aromatic carbocycles. The Morgan fingerprint density at radius 1 is 1.17 bits per heavy atom. The maximum absolute atomic E-state index is 12.6. The predicted octanol–water partition coefficient (Wildman–Crippen LogP) is 3.66. The highest BCUT2D eigenvalue weighted by molar-refractivity contribution is 6.31. The lowest BCUT2D eigenvalue weighted by molar-refractivity contribution is -0.117. The molecule has 1 aliphatic carbocycles. The van der Waals surface area contributed by atoms with Crippen molar-refractivity contribution in [3.05, 3.63) is 71.6 Å². The molecule has 1 aliphatic rings. The largest absolute Gasteiger partial charge is 0.323 e. The van der Waals surface area contributed by atoms with Crippen LogP contribution in [0.2, 0.25) is 5.02 Å². The minimum atomic E-state index is -0.0597. The SMILES string of the molecule is O=C(Nc1cccnc1-n1cccn1)[C@H]1C[C@H]1c1ccccc1Cl. The number of pyridine rings is 1. The van der Waals surface area contributed by atoms with Gasteiger partial charge in [-0.1, -0.05) is 29.8 Å². The maximum Gasteiger partial charge on any atom is 0.228 e. The Labute approximate surface area is 144 Å². The number of anilines is 1. The van der Waals surface area contributed by atoms with Crippen molar-refractivity contribution in [1.82, 2.24) is 14.8 Å². The second-order valence-electron chi connectivity index (χ2n) is 5.78. The number of carbonyl (C=O) groups is 1. The standard InChI is InChI=1S/C18H15ClN4O/c19-15-6-2-1-5-12(15)13-11-14(13)18(24)22-16-7-3-8-20-17(16)23-10-4-9-21-23/h1-10,13-14H,11H2,(H,22,24)/t13-,14-/m0/s1. The lowest BCUT2D eigenvalue weighted by atomic mass is 10.1. The topological polar surface area (TPSA) is 59.8 Å². The molecule has 5 nitrogen and oxygen atoms in total. The van der Waals surface area contributed by atoms with Crippen LogP contribution in [0.3, 0.4) is 0 Å². The van der Waals surface area contributed by atoms with E-state index in [1.54, 1.807) is 29.3 Å². The molecule has 2 heterocycles. The third kappa shape index (κ3) is 2.78. The lowest BCUT2D eigenvalue weighted by Gasteiger charge is -2.10. The summed E-state index contributed by atoms with van der Waals surface area (Å²) in [6, 6.07) is 13.1. The molecule has 0 unspecified atom stereocenters. The van der Waals surface area contributed by atoms with Gasteiger partial charge in [-0.25, -0.2) is 9.67 Å².